The molecule has 2 amide bonds. The molecule has 3 rings (SSSR count). The van der Waals surface area contributed by atoms with Crippen molar-refractivity contribution in [1.82, 2.24) is 15.2 Å². The molecule has 0 radical (unpaired) electrons. The van der Waals surface area contributed by atoms with Crippen LogP contribution in [0.4, 0.5) is 4.79 Å². The van der Waals surface area contributed by atoms with Gasteiger partial charge in [-0.1, -0.05) is 6.92 Å². The molecule has 0 aliphatic carbocycles. The van der Waals surface area contributed by atoms with E-state index in [0.717, 1.165) is 36.5 Å². The van der Waals surface area contributed by atoms with Crippen molar-refractivity contribution in [3.8, 4) is 17.2 Å². The summed E-state index contributed by atoms with van der Waals surface area (Å²) in [4.78, 5) is 18.6. The lowest BCUT2D eigenvalue weighted by atomic mass is 10.0. The number of hydrogen-bond donors (Lipinski definition) is 1. The fourth-order valence-corrected chi connectivity index (χ4v) is 3.07. The lowest BCUT2D eigenvalue weighted by Gasteiger charge is -2.30. The number of likely N-dealkylation sites (tertiary alicyclic amines) is 1. The zero-order valence-corrected chi connectivity index (χ0v) is 14.8. The van der Waals surface area contributed by atoms with Crippen LogP contribution in [0.15, 0.2) is 34.9 Å². The van der Waals surface area contributed by atoms with E-state index in [1.807, 2.05) is 29.2 Å². The number of carbonyl (C=O) groups is 1. The molecule has 1 fully saturated rings. The van der Waals surface area contributed by atoms with E-state index >= 15 is 0 Å². The molecule has 25 heavy (non-hydrogen) atoms. The summed E-state index contributed by atoms with van der Waals surface area (Å²) in [5, 5.41) is 2.97. The van der Waals surface area contributed by atoms with Crippen molar-refractivity contribution >= 4 is 6.03 Å². The van der Waals surface area contributed by atoms with E-state index < -0.39 is 0 Å². The maximum atomic E-state index is 12.2. The molecule has 1 aliphatic rings. The van der Waals surface area contributed by atoms with E-state index in [1.54, 1.807) is 13.4 Å². The molecule has 6 heteroatoms. The first-order valence-corrected chi connectivity index (χ1v) is 8.77. The summed E-state index contributed by atoms with van der Waals surface area (Å²) in [6.45, 7) is 4.44. The third-order valence-electron chi connectivity index (χ3n) is 4.49. The number of nitrogens with zero attached hydrogens (tertiary/aromatic N) is 2. The molecule has 0 unspecified atom stereocenters. The van der Waals surface area contributed by atoms with Gasteiger partial charge in [0.25, 0.3) is 0 Å². The van der Waals surface area contributed by atoms with Gasteiger partial charge in [0.05, 0.1) is 12.8 Å². The summed E-state index contributed by atoms with van der Waals surface area (Å²) in [7, 11) is 1.64. The molecule has 0 saturated carbocycles. The van der Waals surface area contributed by atoms with Crippen molar-refractivity contribution in [3.63, 3.8) is 0 Å². The topological polar surface area (TPSA) is 67.6 Å². The van der Waals surface area contributed by atoms with Gasteiger partial charge in [-0.2, -0.15) is 0 Å². The number of urea groups is 1. The molecule has 134 valence electrons. The lowest BCUT2D eigenvalue weighted by molar-refractivity contribution is 0.170. The predicted molar refractivity (Wildman–Crippen MR) is 95.6 cm³/mol. The monoisotopic (exact) mass is 343 g/mol. The minimum atomic E-state index is 0.0189. The zero-order chi connectivity index (χ0) is 17.6. The van der Waals surface area contributed by atoms with Crippen molar-refractivity contribution in [2.45, 2.75) is 26.2 Å². The van der Waals surface area contributed by atoms with Crippen molar-refractivity contribution in [3.05, 3.63) is 36.2 Å². The van der Waals surface area contributed by atoms with Crippen LogP contribution in [-0.4, -0.2) is 42.7 Å². The van der Waals surface area contributed by atoms with E-state index in [-0.39, 0.29) is 6.03 Å². The molecular formula is C19H25N3O3. The molecule has 1 atom stereocenters. The van der Waals surface area contributed by atoms with E-state index in [0.29, 0.717) is 24.8 Å². The average Bonchev–Trinajstić information content (AvgIpc) is 3.10. The molecule has 1 aliphatic heterocycles. The van der Waals surface area contributed by atoms with E-state index in [4.69, 9.17) is 9.15 Å². The highest BCUT2D eigenvalue weighted by atomic mass is 16.5. The van der Waals surface area contributed by atoms with Crippen LogP contribution in [-0.2, 0) is 6.42 Å². The van der Waals surface area contributed by atoms with Gasteiger partial charge < -0.3 is 19.4 Å². The Morgan fingerprint density at radius 2 is 2.20 bits per heavy atom. The smallest absolute Gasteiger partial charge is 0.317 e. The van der Waals surface area contributed by atoms with Crippen LogP contribution in [0.1, 0.15) is 25.5 Å². The van der Waals surface area contributed by atoms with Crippen molar-refractivity contribution in [2.24, 2.45) is 5.92 Å². The molecular weight excluding hydrogens is 318 g/mol. The minimum absolute atomic E-state index is 0.0189. The van der Waals surface area contributed by atoms with Crippen LogP contribution in [0.25, 0.3) is 11.5 Å². The van der Waals surface area contributed by atoms with Gasteiger partial charge in [-0.25, -0.2) is 9.78 Å². The normalized spacial score (nSPS) is 17.4. The number of benzene rings is 1. The Bertz CT molecular complexity index is 696. The van der Waals surface area contributed by atoms with Crippen LogP contribution in [0.3, 0.4) is 0 Å². The Balaban J connectivity index is 1.49. The van der Waals surface area contributed by atoms with Crippen LogP contribution in [0.2, 0.25) is 0 Å². The van der Waals surface area contributed by atoms with Gasteiger partial charge >= 0.3 is 6.03 Å². The van der Waals surface area contributed by atoms with Crippen molar-refractivity contribution in [2.75, 3.05) is 26.7 Å². The Morgan fingerprint density at radius 3 is 2.92 bits per heavy atom. The number of carbonyl (C=O) groups excluding carboxylic acids is 1. The molecule has 1 aromatic carbocycles. The van der Waals surface area contributed by atoms with Gasteiger partial charge in [-0.05, 0) is 43.0 Å². The summed E-state index contributed by atoms with van der Waals surface area (Å²) >= 11 is 0. The summed E-state index contributed by atoms with van der Waals surface area (Å²) in [6.07, 6.45) is 4.59. The molecule has 0 spiro atoms. The molecule has 1 aromatic heterocycles. The number of amides is 2. The number of nitrogens with one attached hydrogen (secondary N) is 1. The van der Waals surface area contributed by atoms with Gasteiger partial charge in [0.1, 0.15) is 12.0 Å². The highest BCUT2D eigenvalue weighted by Crippen LogP contribution is 2.21. The second-order valence-electron chi connectivity index (χ2n) is 6.55. The van der Waals surface area contributed by atoms with Crippen molar-refractivity contribution < 1.29 is 13.9 Å². The summed E-state index contributed by atoms with van der Waals surface area (Å²) in [5.41, 5.74) is 1.73. The fourth-order valence-electron chi connectivity index (χ4n) is 3.07. The number of oxazole rings is 1. The van der Waals surface area contributed by atoms with Gasteiger partial charge in [0.2, 0.25) is 5.89 Å². The zero-order valence-electron chi connectivity index (χ0n) is 14.8. The minimum Gasteiger partial charge on any atom is -0.497 e. The average molecular weight is 343 g/mol. The first kappa shape index (κ1) is 17.3. The highest BCUT2D eigenvalue weighted by Gasteiger charge is 2.20. The Hall–Kier alpha value is -2.50. The number of piperidine rings is 1. The highest BCUT2D eigenvalue weighted by molar-refractivity contribution is 5.74. The third-order valence-corrected chi connectivity index (χ3v) is 4.49. The van der Waals surface area contributed by atoms with Crippen LogP contribution < -0.4 is 10.1 Å². The van der Waals surface area contributed by atoms with Gasteiger partial charge in [0, 0.05) is 31.6 Å². The number of aromatic nitrogens is 1. The van der Waals surface area contributed by atoms with Gasteiger partial charge in [-0.15, -0.1) is 0 Å². The van der Waals surface area contributed by atoms with E-state index in [1.165, 1.54) is 6.42 Å². The van der Waals surface area contributed by atoms with E-state index in [9.17, 15) is 4.79 Å². The van der Waals surface area contributed by atoms with Gasteiger partial charge in [0.15, 0.2) is 0 Å². The maximum absolute atomic E-state index is 12.2. The molecule has 1 N–H and O–H groups in total. The van der Waals surface area contributed by atoms with Gasteiger partial charge in [-0.3, -0.25) is 0 Å². The predicted octanol–water partition coefficient (Wildman–Crippen LogP) is 3.33. The molecule has 6 nitrogen and oxygen atoms in total. The van der Waals surface area contributed by atoms with Crippen LogP contribution in [0.5, 0.6) is 5.75 Å². The van der Waals surface area contributed by atoms with Crippen molar-refractivity contribution in [1.29, 1.82) is 0 Å². The molecule has 2 heterocycles. The molecule has 2 aromatic rings. The SMILES string of the molecule is COc1ccc(-c2nc(CCNC(=O)N3CCC[C@H](C)C3)co2)cc1. The largest absolute Gasteiger partial charge is 0.497 e. The number of rotatable bonds is 5. The summed E-state index contributed by atoms with van der Waals surface area (Å²) < 4.78 is 10.7. The first-order chi connectivity index (χ1) is 12.2. The standard InChI is InChI=1S/C19H25N3O3/c1-14-4-3-11-22(12-14)19(23)20-10-9-16-13-25-18(21-16)15-5-7-17(24-2)8-6-15/h5-8,13-14H,3-4,9-12H2,1-2H3,(H,20,23)/t14-/m0/s1. The quantitative estimate of drug-likeness (QED) is 0.904. The second-order valence-corrected chi connectivity index (χ2v) is 6.55. The summed E-state index contributed by atoms with van der Waals surface area (Å²) in [5.74, 6) is 1.96. The summed E-state index contributed by atoms with van der Waals surface area (Å²) in [6, 6.07) is 7.59. The molecule has 0 bridgehead atoms. The molecule has 1 saturated heterocycles. The third kappa shape index (κ3) is 4.53. The number of methoxy groups -OCH3 is 1. The number of hydrogen-bond acceptors (Lipinski definition) is 4. The fraction of sp³-hybridized carbons (Fsp3) is 0.474. The Morgan fingerprint density at radius 1 is 1.40 bits per heavy atom. The number of ether oxygens (including phenoxy) is 1. The second kappa shape index (κ2) is 8.05. The van der Waals surface area contributed by atoms with E-state index in [2.05, 4.69) is 17.2 Å². The van der Waals surface area contributed by atoms with Crippen LogP contribution >= 0.6 is 0 Å². The Labute approximate surface area is 148 Å². The van der Waals surface area contributed by atoms with Crippen LogP contribution in [0, 0.1) is 5.92 Å². The first-order valence-electron chi connectivity index (χ1n) is 8.77. The lowest BCUT2D eigenvalue weighted by Crippen LogP contribution is -2.45. The maximum Gasteiger partial charge on any atom is 0.317 e. The Kier molecular flexibility index (Phi) is 5.58.